The Morgan fingerprint density at radius 3 is 2.33 bits per heavy atom. The van der Waals surface area contributed by atoms with E-state index in [1.165, 1.54) is 35.3 Å². The van der Waals surface area contributed by atoms with Crippen LogP contribution in [0.25, 0.3) is 5.57 Å². The molecule has 49 heavy (non-hydrogen) atoms. The molecule has 0 radical (unpaired) electrons. The Morgan fingerprint density at radius 1 is 0.939 bits per heavy atom. The highest BCUT2D eigenvalue weighted by atomic mass is 35.5. The van der Waals surface area contributed by atoms with E-state index >= 15 is 0 Å². The Hall–Kier alpha value is -4.25. The third-order valence-electron chi connectivity index (χ3n) is 9.17. The maximum absolute atomic E-state index is 14.3. The van der Waals surface area contributed by atoms with Gasteiger partial charge in [0.05, 0.1) is 4.90 Å². The Labute approximate surface area is 292 Å². The number of piperazine rings is 1. The average Bonchev–Trinajstić information content (AvgIpc) is 3.09. The summed E-state index contributed by atoms with van der Waals surface area (Å²) in [5, 5.41) is 0.745. The molecule has 1 aliphatic heterocycles. The normalized spacial score (nSPS) is 16.8. The molecule has 1 N–H and O–H groups in total. The lowest BCUT2D eigenvalue weighted by atomic mass is 9.72. The first-order valence-electron chi connectivity index (χ1n) is 16.4. The van der Waals surface area contributed by atoms with E-state index in [4.69, 9.17) is 16.3 Å². The number of hydrogen-bond donors (Lipinski definition) is 1. The number of pyridine rings is 1. The zero-order chi connectivity index (χ0) is 34.6. The van der Waals surface area contributed by atoms with Crippen LogP contribution in [-0.2, 0) is 16.6 Å². The molecule has 11 heteroatoms. The van der Waals surface area contributed by atoms with E-state index < -0.39 is 21.7 Å². The van der Waals surface area contributed by atoms with Gasteiger partial charge in [0.25, 0.3) is 21.8 Å². The quantitative estimate of drug-likeness (QED) is 0.185. The molecule has 3 aromatic carbocycles. The van der Waals surface area contributed by atoms with Crippen LogP contribution in [0.4, 0.5) is 10.1 Å². The van der Waals surface area contributed by atoms with E-state index in [-0.39, 0.29) is 28.5 Å². The number of sulfonamides is 1. The molecule has 0 atom stereocenters. The van der Waals surface area contributed by atoms with Crippen molar-refractivity contribution in [1.29, 1.82) is 0 Å². The maximum atomic E-state index is 14.3. The summed E-state index contributed by atoms with van der Waals surface area (Å²) >= 11 is 6.18. The van der Waals surface area contributed by atoms with Crippen LogP contribution < -0.4 is 14.4 Å². The van der Waals surface area contributed by atoms with E-state index in [2.05, 4.69) is 40.8 Å². The number of hydrogen-bond acceptors (Lipinski definition) is 7. The number of amides is 1. The van der Waals surface area contributed by atoms with Gasteiger partial charge in [0, 0.05) is 43.4 Å². The zero-order valence-corrected chi connectivity index (χ0v) is 29.2. The van der Waals surface area contributed by atoms with Crippen molar-refractivity contribution in [3.8, 4) is 5.88 Å². The minimum atomic E-state index is -4.21. The Balaban J connectivity index is 1.05. The fourth-order valence-corrected chi connectivity index (χ4v) is 7.43. The van der Waals surface area contributed by atoms with Gasteiger partial charge in [-0.3, -0.25) is 9.69 Å². The number of rotatable bonds is 10. The van der Waals surface area contributed by atoms with Crippen molar-refractivity contribution < 1.29 is 22.3 Å². The van der Waals surface area contributed by atoms with Gasteiger partial charge in [0.2, 0.25) is 0 Å². The van der Waals surface area contributed by atoms with Crippen LogP contribution in [0.3, 0.4) is 0 Å². The summed E-state index contributed by atoms with van der Waals surface area (Å²) in [7, 11) is -4.21. The number of carbonyl (C=O) groups excluding carboxylic acids is 1. The molecule has 8 nitrogen and oxygen atoms in total. The van der Waals surface area contributed by atoms with Gasteiger partial charge in [0.15, 0.2) is 5.82 Å². The summed E-state index contributed by atoms with van der Waals surface area (Å²) in [6.07, 6.45) is 3.29. The van der Waals surface area contributed by atoms with Crippen LogP contribution in [0.15, 0.2) is 101 Å². The van der Waals surface area contributed by atoms with Crippen molar-refractivity contribution in [3.05, 3.63) is 124 Å². The molecule has 6 rings (SSSR count). The van der Waals surface area contributed by atoms with Gasteiger partial charge in [-0.15, -0.1) is 0 Å². The number of ether oxygens (including phenoxy) is 1. The molecular weight excluding hydrogens is 663 g/mol. The predicted octanol–water partition coefficient (Wildman–Crippen LogP) is 7.36. The van der Waals surface area contributed by atoms with Crippen LogP contribution in [0.1, 0.15) is 54.7 Å². The minimum absolute atomic E-state index is 0.0390. The number of aromatic nitrogens is 1. The highest BCUT2D eigenvalue weighted by Gasteiger charge is 2.29. The maximum Gasteiger partial charge on any atom is 0.283 e. The van der Waals surface area contributed by atoms with Gasteiger partial charge in [-0.2, -0.15) is 0 Å². The van der Waals surface area contributed by atoms with Crippen molar-refractivity contribution in [2.45, 2.75) is 44.6 Å². The second-order valence-corrected chi connectivity index (χ2v) is 15.5. The Morgan fingerprint density at radius 2 is 1.63 bits per heavy atom. The SMILES string of the molecule is CC1(C)CCC(CN2CCN(c3ccc(S(=O)(=O)NC(=O)c4ccc(F)c(OCc5ccccc5)n4)cc3)CC2)=C(c2ccc(Cl)cc2)C1. The molecule has 1 saturated heterocycles. The third-order valence-corrected chi connectivity index (χ3v) is 10.8. The van der Waals surface area contributed by atoms with Crippen molar-refractivity contribution in [2.24, 2.45) is 5.41 Å². The van der Waals surface area contributed by atoms with Crippen molar-refractivity contribution >= 4 is 38.8 Å². The van der Waals surface area contributed by atoms with Crippen LogP contribution in [0, 0.1) is 11.2 Å². The predicted molar refractivity (Wildman–Crippen MR) is 191 cm³/mol. The van der Waals surface area contributed by atoms with E-state index in [0.29, 0.717) is 0 Å². The molecule has 1 amide bonds. The van der Waals surface area contributed by atoms with Gasteiger partial charge in [-0.25, -0.2) is 22.5 Å². The monoisotopic (exact) mass is 702 g/mol. The minimum Gasteiger partial charge on any atom is -0.471 e. The summed E-state index contributed by atoms with van der Waals surface area (Å²) in [4.78, 5) is 21.4. The van der Waals surface area contributed by atoms with E-state index in [0.717, 1.165) is 74.0 Å². The highest BCUT2D eigenvalue weighted by Crippen LogP contribution is 2.43. The number of nitrogens with one attached hydrogen (secondary N) is 1. The van der Waals surface area contributed by atoms with Crippen LogP contribution in [-0.4, -0.2) is 56.9 Å². The van der Waals surface area contributed by atoms with Crippen molar-refractivity contribution in [1.82, 2.24) is 14.6 Å². The van der Waals surface area contributed by atoms with E-state index in [1.54, 1.807) is 12.1 Å². The molecule has 2 heterocycles. The molecule has 0 bridgehead atoms. The smallest absolute Gasteiger partial charge is 0.283 e. The number of carbonyl (C=O) groups is 1. The van der Waals surface area contributed by atoms with Crippen molar-refractivity contribution in [3.63, 3.8) is 0 Å². The molecule has 1 aromatic heterocycles. The fraction of sp³-hybridized carbons (Fsp3) is 0.316. The van der Waals surface area contributed by atoms with Crippen LogP contribution >= 0.6 is 11.6 Å². The summed E-state index contributed by atoms with van der Waals surface area (Å²) in [6.45, 7) is 9.04. The third kappa shape index (κ3) is 8.68. The van der Waals surface area contributed by atoms with Crippen LogP contribution in [0.2, 0.25) is 5.02 Å². The molecule has 0 spiro atoms. The first-order valence-corrected chi connectivity index (χ1v) is 18.3. The molecule has 0 unspecified atom stereocenters. The number of benzene rings is 3. The zero-order valence-electron chi connectivity index (χ0n) is 27.7. The van der Waals surface area contributed by atoms with Gasteiger partial charge in [-0.1, -0.05) is 73.5 Å². The molecule has 1 fully saturated rings. The average molecular weight is 703 g/mol. The largest absolute Gasteiger partial charge is 0.471 e. The Bertz CT molecular complexity index is 1930. The van der Waals surface area contributed by atoms with Crippen molar-refractivity contribution in [2.75, 3.05) is 37.6 Å². The topological polar surface area (TPSA) is 91.8 Å². The number of anilines is 1. The lowest BCUT2D eigenvalue weighted by Gasteiger charge is -2.39. The molecular formula is C38H40ClFN4O4S. The number of allylic oxidation sites excluding steroid dienone is 1. The molecule has 4 aromatic rings. The number of nitrogens with zero attached hydrogens (tertiary/aromatic N) is 3. The second-order valence-electron chi connectivity index (χ2n) is 13.4. The second kappa shape index (κ2) is 14.7. The standard InChI is InChI=1S/C38H40ClFN4O4S/c1-38(2)19-18-29(33(24-38)28-8-10-30(39)11-9-28)25-43-20-22-44(23-21-43)31-12-14-32(15-13-31)49(46,47)42-36(45)35-17-16-34(40)37(41-35)48-26-27-6-4-3-5-7-27/h3-17H,18-26H2,1-2H3,(H,42,45). The number of halogens is 2. The summed E-state index contributed by atoms with van der Waals surface area (Å²) in [5.74, 6) is -2.13. The summed E-state index contributed by atoms with van der Waals surface area (Å²) in [5.41, 5.74) is 5.87. The highest BCUT2D eigenvalue weighted by molar-refractivity contribution is 7.90. The molecule has 2 aliphatic rings. The summed E-state index contributed by atoms with van der Waals surface area (Å²) in [6, 6.07) is 25.9. The Kier molecular flexibility index (Phi) is 10.4. The van der Waals surface area contributed by atoms with E-state index in [9.17, 15) is 17.6 Å². The van der Waals surface area contributed by atoms with Gasteiger partial charge in [-0.05, 0) is 89.9 Å². The first kappa shape index (κ1) is 34.6. The van der Waals surface area contributed by atoms with Gasteiger partial charge in [0.1, 0.15) is 12.3 Å². The fourth-order valence-electron chi connectivity index (χ4n) is 6.34. The lowest BCUT2D eigenvalue weighted by molar-refractivity contribution is 0.0975. The summed E-state index contributed by atoms with van der Waals surface area (Å²) < 4.78 is 48.0. The molecule has 1 aliphatic carbocycles. The van der Waals surface area contributed by atoms with Gasteiger partial charge >= 0.3 is 0 Å². The van der Waals surface area contributed by atoms with E-state index in [1.807, 2.05) is 47.2 Å². The molecule has 256 valence electrons. The van der Waals surface area contributed by atoms with Crippen LogP contribution in [0.5, 0.6) is 5.88 Å². The molecule has 0 saturated carbocycles. The lowest BCUT2D eigenvalue weighted by Crippen LogP contribution is -2.47. The van der Waals surface area contributed by atoms with Gasteiger partial charge < -0.3 is 9.64 Å². The first-order chi connectivity index (χ1) is 23.5.